The van der Waals surface area contributed by atoms with Crippen molar-refractivity contribution in [3.05, 3.63) is 21.7 Å². The Balaban J connectivity index is 2.36. The fourth-order valence-electron chi connectivity index (χ4n) is 1.72. The molecule has 0 saturated carbocycles. The van der Waals surface area contributed by atoms with Gasteiger partial charge < -0.3 is 14.4 Å². The molecule has 7 nitrogen and oxygen atoms in total. The van der Waals surface area contributed by atoms with Crippen molar-refractivity contribution in [2.75, 3.05) is 38.3 Å². The van der Waals surface area contributed by atoms with E-state index in [1.165, 1.54) is 13.2 Å². The Hall–Kier alpha value is -1.67. The second kappa shape index (κ2) is 5.32. The number of methoxy groups -OCH3 is 1. The van der Waals surface area contributed by atoms with Gasteiger partial charge in [0, 0.05) is 19.2 Å². The summed E-state index contributed by atoms with van der Waals surface area (Å²) in [7, 11) is 1.26. The van der Waals surface area contributed by atoms with Crippen molar-refractivity contribution >= 4 is 27.3 Å². The Kier molecular flexibility index (Phi) is 3.78. The predicted molar refractivity (Wildman–Crippen MR) is 65.3 cm³/mol. The first kappa shape index (κ1) is 12.8. The molecule has 0 unspecified atom stereocenters. The third kappa shape index (κ3) is 2.44. The lowest BCUT2D eigenvalue weighted by molar-refractivity contribution is -0.380. The van der Waals surface area contributed by atoms with Crippen molar-refractivity contribution < 1.29 is 19.2 Å². The van der Waals surface area contributed by atoms with E-state index in [1.807, 2.05) is 4.90 Å². The fourth-order valence-corrected chi connectivity index (χ4v) is 2.73. The van der Waals surface area contributed by atoms with Crippen molar-refractivity contribution in [1.82, 2.24) is 0 Å². The molecular weight excluding hydrogens is 260 g/mol. The van der Waals surface area contributed by atoms with Gasteiger partial charge in [-0.15, -0.1) is 0 Å². The highest BCUT2D eigenvalue weighted by Crippen LogP contribution is 2.37. The summed E-state index contributed by atoms with van der Waals surface area (Å²) in [4.78, 5) is 23.8. The van der Waals surface area contributed by atoms with Gasteiger partial charge in [0.25, 0.3) is 0 Å². The van der Waals surface area contributed by atoms with E-state index >= 15 is 0 Å². The first-order chi connectivity index (χ1) is 8.63. The van der Waals surface area contributed by atoms with E-state index in [1.54, 1.807) is 0 Å². The topological polar surface area (TPSA) is 81.9 Å². The first-order valence-electron chi connectivity index (χ1n) is 5.32. The van der Waals surface area contributed by atoms with Gasteiger partial charge in [-0.25, -0.2) is 4.79 Å². The van der Waals surface area contributed by atoms with Crippen LogP contribution in [0.25, 0.3) is 0 Å². The number of anilines is 1. The maximum absolute atomic E-state index is 11.6. The number of hydrogen-bond donors (Lipinski definition) is 0. The molecular formula is C10H12N2O5S. The van der Waals surface area contributed by atoms with Gasteiger partial charge in [-0.3, -0.25) is 10.1 Å². The molecule has 0 spiro atoms. The number of morpholine rings is 1. The lowest BCUT2D eigenvalue weighted by Crippen LogP contribution is -2.36. The molecule has 1 aromatic heterocycles. The van der Waals surface area contributed by atoms with Gasteiger partial charge in [-0.05, 0) is 11.3 Å². The number of esters is 1. The number of rotatable bonds is 3. The first-order valence-corrected chi connectivity index (χ1v) is 6.14. The number of carbonyl (C=O) groups excluding carboxylic acids is 1. The van der Waals surface area contributed by atoms with Crippen LogP contribution in [0.4, 0.5) is 10.0 Å². The van der Waals surface area contributed by atoms with Gasteiger partial charge in [0.1, 0.15) is 10.6 Å². The molecule has 0 amide bonds. The summed E-state index contributed by atoms with van der Waals surface area (Å²) in [6.07, 6.45) is 0. The number of nitrogens with zero attached hydrogens (tertiary/aromatic N) is 2. The fraction of sp³-hybridized carbons (Fsp3) is 0.500. The van der Waals surface area contributed by atoms with E-state index in [2.05, 4.69) is 4.74 Å². The second-order valence-electron chi connectivity index (χ2n) is 3.65. The quantitative estimate of drug-likeness (QED) is 0.468. The van der Waals surface area contributed by atoms with E-state index < -0.39 is 10.9 Å². The minimum absolute atomic E-state index is 0.0584. The summed E-state index contributed by atoms with van der Waals surface area (Å²) in [6.45, 7) is 2.32. The van der Waals surface area contributed by atoms with Crippen molar-refractivity contribution in [3.63, 3.8) is 0 Å². The smallest absolute Gasteiger partial charge is 0.341 e. The lowest BCUT2D eigenvalue weighted by Gasteiger charge is -2.27. The van der Waals surface area contributed by atoms with Crippen LogP contribution in [0.1, 0.15) is 10.4 Å². The summed E-state index contributed by atoms with van der Waals surface area (Å²) in [5, 5.41) is 11.3. The van der Waals surface area contributed by atoms with Gasteiger partial charge in [-0.1, -0.05) is 0 Å². The van der Waals surface area contributed by atoms with Crippen molar-refractivity contribution in [3.8, 4) is 0 Å². The summed E-state index contributed by atoms with van der Waals surface area (Å²) >= 11 is 0.988. The van der Waals surface area contributed by atoms with Gasteiger partial charge >= 0.3 is 11.0 Å². The molecule has 0 N–H and O–H groups in total. The highest BCUT2D eigenvalue weighted by atomic mass is 32.1. The molecule has 18 heavy (non-hydrogen) atoms. The van der Waals surface area contributed by atoms with E-state index in [0.717, 1.165) is 11.3 Å². The SMILES string of the molecule is COC(=O)c1cc([N+](=O)[O-])sc1N1CCOCC1. The molecule has 0 aliphatic carbocycles. The van der Waals surface area contributed by atoms with Gasteiger partial charge in [0.05, 0.1) is 25.2 Å². The molecule has 1 saturated heterocycles. The Labute approximate surface area is 107 Å². The van der Waals surface area contributed by atoms with Crippen LogP contribution in [0.15, 0.2) is 6.07 Å². The highest BCUT2D eigenvalue weighted by molar-refractivity contribution is 7.19. The van der Waals surface area contributed by atoms with Crippen molar-refractivity contribution in [1.29, 1.82) is 0 Å². The number of carbonyl (C=O) groups is 1. The van der Waals surface area contributed by atoms with Crippen LogP contribution in [0.2, 0.25) is 0 Å². The van der Waals surface area contributed by atoms with Crippen LogP contribution in [0, 0.1) is 10.1 Å². The monoisotopic (exact) mass is 272 g/mol. The second-order valence-corrected chi connectivity index (χ2v) is 4.66. The normalized spacial score (nSPS) is 15.5. The Morgan fingerprint density at radius 3 is 2.78 bits per heavy atom. The van der Waals surface area contributed by atoms with Crippen LogP contribution in [-0.2, 0) is 9.47 Å². The molecule has 2 heterocycles. The summed E-state index contributed by atoms with van der Waals surface area (Å²) in [5.41, 5.74) is 0.246. The Morgan fingerprint density at radius 1 is 1.56 bits per heavy atom. The zero-order valence-electron chi connectivity index (χ0n) is 9.75. The van der Waals surface area contributed by atoms with Crippen molar-refractivity contribution in [2.45, 2.75) is 0 Å². The third-order valence-electron chi connectivity index (χ3n) is 2.58. The number of thiophene rings is 1. The minimum Gasteiger partial charge on any atom is -0.465 e. The van der Waals surface area contributed by atoms with E-state index in [9.17, 15) is 14.9 Å². The molecule has 0 radical (unpaired) electrons. The molecule has 1 aliphatic rings. The highest BCUT2D eigenvalue weighted by Gasteiger charge is 2.26. The summed E-state index contributed by atoms with van der Waals surface area (Å²) in [6, 6.07) is 1.27. The van der Waals surface area contributed by atoms with Crippen LogP contribution >= 0.6 is 11.3 Å². The molecule has 8 heteroatoms. The maximum Gasteiger partial charge on any atom is 0.341 e. The molecule has 98 valence electrons. The Morgan fingerprint density at radius 2 is 2.22 bits per heavy atom. The number of ether oxygens (including phenoxy) is 2. The van der Waals surface area contributed by atoms with Crippen LogP contribution in [0.3, 0.4) is 0 Å². The lowest BCUT2D eigenvalue weighted by atomic mass is 10.3. The average Bonchev–Trinajstić information content (AvgIpc) is 2.84. The van der Waals surface area contributed by atoms with Gasteiger partial charge in [-0.2, -0.15) is 0 Å². The van der Waals surface area contributed by atoms with E-state index in [4.69, 9.17) is 4.74 Å². The third-order valence-corrected chi connectivity index (χ3v) is 3.73. The van der Waals surface area contributed by atoms with Gasteiger partial charge in [0.15, 0.2) is 0 Å². The molecule has 1 aromatic rings. The molecule has 1 aliphatic heterocycles. The number of nitro groups is 1. The molecule has 0 aromatic carbocycles. The van der Waals surface area contributed by atoms with Crippen molar-refractivity contribution in [2.24, 2.45) is 0 Å². The van der Waals surface area contributed by atoms with Crippen LogP contribution in [-0.4, -0.2) is 44.3 Å². The minimum atomic E-state index is -0.555. The van der Waals surface area contributed by atoms with Crippen LogP contribution < -0.4 is 4.90 Å². The summed E-state index contributed by atoms with van der Waals surface area (Å²) in [5.74, 6) is -0.555. The zero-order valence-corrected chi connectivity index (χ0v) is 10.6. The van der Waals surface area contributed by atoms with E-state index in [0.29, 0.717) is 31.3 Å². The average molecular weight is 272 g/mol. The predicted octanol–water partition coefficient (Wildman–Crippen LogP) is 1.28. The zero-order chi connectivity index (χ0) is 13.1. The summed E-state index contributed by atoms with van der Waals surface area (Å²) < 4.78 is 9.86. The molecule has 0 atom stereocenters. The largest absolute Gasteiger partial charge is 0.465 e. The van der Waals surface area contributed by atoms with Crippen LogP contribution in [0.5, 0.6) is 0 Å². The molecule has 0 bridgehead atoms. The maximum atomic E-state index is 11.6. The molecule has 1 fully saturated rings. The van der Waals surface area contributed by atoms with Gasteiger partial charge in [0.2, 0.25) is 0 Å². The van der Waals surface area contributed by atoms with E-state index in [-0.39, 0.29) is 10.6 Å². The molecule has 2 rings (SSSR count). The number of hydrogen-bond acceptors (Lipinski definition) is 7. The Bertz CT molecular complexity index is 467. The standard InChI is InChI=1S/C10H12N2O5S/c1-16-10(13)7-6-8(12(14)15)18-9(7)11-2-4-17-5-3-11/h6H,2-5H2,1H3.